The predicted molar refractivity (Wildman–Crippen MR) is 69.0 cm³/mol. The number of hydrogen-bond donors (Lipinski definition) is 1. The highest BCUT2D eigenvalue weighted by molar-refractivity contribution is 5.96. The van der Waals surface area contributed by atoms with E-state index in [0.717, 1.165) is 23.1 Å². The molecule has 1 fully saturated rings. The zero-order valence-corrected chi connectivity index (χ0v) is 10.8. The van der Waals surface area contributed by atoms with Crippen LogP contribution in [-0.4, -0.2) is 29.4 Å². The van der Waals surface area contributed by atoms with Gasteiger partial charge in [0.15, 0.2) is 0 Å². The van der Waals surface area contributed by atoms with Gasteiger partial charge in [0.25, 0.3) is 5.91 Å². The van der Waals surface area contributed by atoms with E-state index < -0.39 is 0 Å². The third-order valence-corrected chi connectivity index (χ3v) is 3.63. The lowest BCUT2D eigenvalue weighted by molar-refractivity contribution is 0.0400. The van der Waals surface area contributed by atoms with Crippen LogP contribution in [0.25, 0.3) is 0 Å². The van der Waals surface area contributed by atoms with Gasteiger partial charge in [0.1, 0.15) is 0 Å². The molecule has 1 saturated heterocycles. The Bertz CT molecular complexity index is 448. The minimum atomic E-state index is -0.159. The molecule has 0 saturated carbocycles. The molecule has 3 nitrogen and oxygen atoms in total. The number of nitrogens with two attached hydrogens (primary N) is 1. The van der Waals surface area contributed by atoms with E-state index in [0.29, 0.717) is 13.1 Å². The summed E-state index contributed by atoms with van der Waals surface area (Å²) in [5.74, 6) is 0.112. The first-order valence-corrected chi connectivity index (χ1v) is 6.10. The van der Waals surface area contributed by atoms with Crippen LogP contribution in [0.2, 0.25) is 0 Å². The second-order valence-electron chi connectivity index (χ2n) is 5.20. The van der Waals surface area contributed by atoms with Gasteiger partial charge >= 0.3 is 0 Å². The summed E-state index contributed by atoms with van der Waals surface area (Å²) < 4.78 is 0. The molecule has 0 unspecified atom stereocenters. The first kappa shape index (κ1) is 12.1. The molecule has 0 spiro atoms. The van der Waals surface area contributed by atoms with Crippen molar-refractivity contribution in [2.24, 2.45) is 5.73 Å². The Labute approximate surface area is 103 Å². The molecule has 3 heteroatoms. The van der Waals surface area contributed by atoms with E-state index in [1.54, 1.807) is 0 Å². The third kappa shape index (κ3) is 2.20. The highest BCUT2D eigenvalue weighted by Gasteiger charge is 2.40. The minimum absolute atomic E-state index is 0.112. The first-order valence-electron chi connectivity index (χ1n) is 6.10. The van der Waals surface area contributed by atoms with E-state index in [1.165, 1.54) is 0 Å². The molecule has 0 aliphatic carbocycles. The number of carbonyl (C=O) groups excluding carboxylic acids is 1. The van der Waals surface area contributed by atoms with Gasteiger partial charge in [-0.3, -0.25) is 4.79 Å². The number of hydrogen-bond acceptors (Lipinski definition) is 2. The van der Waals surface area contributed by atoms with E-state index in [4.69, 9.17) is 5.73 Å². The number of likely N-dealkylation sites (tertiary alicyclic amines) is 1. The Morgan fingerprint density at radius 2 is 2.06 bits per heavy atom. The fraction of sp³-hybridized carbons (Fsp3) is 0.500. The summed E-state index contributed by atoms with van der Waals surface area (Å²) in [5.41, 5.74) is 8.88. The topological polar surface area (TPSA) is 46.3 Å². The maximum atomic E-state index is 12.3. The molecule has 92 valence electrons. The number of rotatable bonds is 2. The van der Waals surface area contributed by atoms with Gasteiger partial charge in [0.05, 0.1) is 5.54 Å². The van der Waals surface area contributed by atoms with E-state index >= 15 is 0 Å². The van der Waals surface area contributed by atoms with Crippen molar-refractivity contribution in [3.63, 3.8) is 0 Å². The normalized spacial score (nSPS) is 17.8. The Hall–Kier alpha value is -1.35. The second kappa shape index (κ2) is 4.15. The summed E-state index contributed by atoms with van der Waals surface area (Å²) in [6, 6.07) is 5.99. The van der Waals surface area contributed by atoms with Gasteiger partial charge in [-0.15, -0.1) is 0 Å². The van der Waals surface area contributed by atoms with Crippen molar-refractivity contribution in [2.45, 2.75) is 32.7 Å². The highest BCUT2D eigenvalue weighted by atomic mass is 16.2. The maximum Gasteiger partial charge on any atom is 0.254 e. The van der Waals surface area contributed by atoms with E-state index in [2.05, 4.69) is 6.92 Å². The van der Waals surface area contributed by atoms with Crippen LogP contribution in [0.1, 0.15) is 34.8 Å². The minimum Gasteiger partial charge on any atom is -0.335 e. The van der Waals surface area contributed by atoms with Gasteiger partial charge in [-0.25, -0.2) is 0 Å². The second-order valence-corrected chi connectivity index (χ2v) is 5.20. The molecular formula is C14H20N2O. The molecule has 1 aromatic rings. The molecule has 1 aromatic carbocycles. The molecular weight excluding hydrogens is 212 g/mol. The number of carbonyl (C=O) groups is 1. The first-order chi connectivity index (χ1) is 7.95. The van der Waals surface area contributed by atoms with Crippen LogP contribution in [0.4, 0.5) is 0 Å². The molecule has 17 heavy (non-hydrogen) atoms. The zero-order chi connectivity index (χ0) is 12.6. The van der Waals surface area contributed by atoms with E-state index in [1.807, 2.05) is 36.9 Å². The smallest absolute Gasteiger partial charge is 0.254 e. The average molecular weight is 232 g/mol. The fourth-order valence-electron chi connectivity index (χ4n) is 2.22. The Balaban J connectivity index is 2.14. The Morgan fingerprint density at radius 1 is 1.41 bits per heavy atom. The SMILES string of the molecule is CCC1(N)CN(C(=O)c2cc(C)ccc2C)C1. The summed E-state index contributed by atoms with van der Waals surface area (Å²) in [4.78, 5) is 14.1. The van der Waals surface area contributed by atoms with Crippen LogP contribution in [0.5, 0.6) is 0 Å². The summed E-state index contributed by atoms with van der Waals surface area (Å²) in [6.45, 7) is 7.40. The van der Waals surface area contributed by atoms with Crippen molar-refractivity contribution in [3.8, 4) is 0 Å². The molecule has 1 heterocycles. The molecule has 1 aliphatic rings. The van der Waals surface area contributed by atoms with Crippen molar-refractivity contribution in [1.82, 2.24) is 4.90 Å². The van der Waals surface area contributed by atoms with Gasteiger partial charge in [0.2, 0.25) is 0 Å². The Kier molecular flexibility index (Phi) is 2.96. The molecule has 0 atom stereocenters. The number of benzene rings is 1. The molecule has 0 bridgehead atoms. The molecule has 0 aromatic heterocycles. The fourth-order valence-corrected chi connectivity index (χ4v) is 2.22. The monoisotopic (exact) mass is 232 g/mol. The number of aryl methyl sites for hydroxylation is 2. The van der Waals surface area contributed by atoms with Gasteiger partial charge < -0.3 is 10.6 Å². The lowest BCUT2D eigenvalue weighted by atomic mass is 9.87. The van der Waals surface area contributed by atoms with Gasteiger partial charge in [0, 0.05) is 18.7 Å². The third-order valence-electron chi connectivity index (χ3n) is 3.63. The van der Waals surface area contributed by atoms with Gasteiger partial charge in [-0.05, 0) is 31.9 Å². The molecule has 0 radical (unpaired) electrons. The van der Waals surface area contributed by atoms with E-state index in [9.17, 15) is 4.79 Å². The number of nitrogens with zero attached hydrogens (tertiary/aromatic N) is 1. The van der Waals surface area contributed by atoms with Crippen molar-refractivity contribution in [3.05, 3.63) is 34.9 Å². The van der Waals surface area contributed by atoms with Gasteiger partial charge in [-0.2, -0.15) is 0 Å². The predicted octanol–water partition coefficient (Wildman–Crippen LogP) is 1.87. The standard InChI is InChI=1S/C14H20N2O/c1-4-14(15)8-16(9-14)13(17)12-7-10(2)5-6-11(12)3/h5-7H,4,8-9,15H2,1-3H3. The van der Waals surface area contributed by atoms with Crippen LogP contribution in [0, 0.1) is 13.8 Å². The largest absolute Gasteiger partial charge is 0.335 e. The van der Waals surface area contributed by atoms with E-state index in [-0.39, 0.29) is 11.4 Å². The van der Waals surface area contributed by atoms with Crippen LogP contribution < -0.4 is 5.73 Å². The average Bonchev–Trinajstić information content (AvgIpc) is 2.27. The quantitative estimate of drug-likeness (QED) is 0.846. The lowest BCUT2D eigenvalue weighted by Gasteiger charge is -2.47. The lowest BCUT2D eigenvalue weighted by Crippen LogP contribution is -2.68. The molecule has 1 amide bonds. The van der Waals surface area contributed by atoms with Gasteiger partial charge in [-0.1, -0.05) is 24.6 Å². The summed E-state index contributed by atoms with van der Waals surface area (Å²) in [5, 5.41) is 0. The molecule has 1 aliphatic heterocycles. The Morgan fingerprint density at radius 3 is 2.65 bits per heavy atom. The van der Waals surface area contributed by atoms with Crippen molar-refractivity contribution >= 4 is 5.91 Å². The van der Waals surface area contributed by atoms with Crippen LogP contribution in [-0.2, 0) is 0 Å². The summed E-state index contributed by atoms with van der Waals surface area (Å²) in [7, 11) is 0. The van der Waals surface area contributed by atoms with Crippen molar-refractivity contribution in [1.29, 1.82) is 0 Å². The van der Waals surface area contributed by atoms with Crippen LogP contribution >= 0.6 is 0 Å². The molecule has 2 rings (SSSR count). The van der Waals surface area contributed by atoms with Crippen molar-refractivity contribution in [2.75, 3.05) is 13.1 Å². The number of amides is 1. The van der Waals surface area contributed by atoms with Crippen LogP contribution in [0.15, 0.2) is 18.2 Å². The zero-order valence-electron chi connectivity index (χ0n) is 10.8. The summed E-state index contributed by atoms with van der Waals surface area (Å²) in [6.07, 6.45) is 0.920. The maximum absolute atomic E-state index is 12.3. The highest BCUT2D eigenvalue weighted by Crippen LogP contribution is 2.24. The van der Waals surface area contributed by atoms with Crippen LogP contribution in [0.3, 0.4) is 0 Å². The molecule has 2 N–H and O–H groups in total. The summed E-state index contributed by atoms with van der Waals surface area (Å²) >= 11 is 0. The van der Waals surface area contributed by atoms with Crippen molar-refractivity contribution < 1.29 is 4.79 Å².